The van der Waals surface area contributed by atoms with Gasteiger partial charge in [-0.3, -0.25) is 9.62 Å². The molecule has 2 aromatic carbocycles. The predicted molar refractivity (Wildman–Crippen MR) is 134 cm³/mol. The largest absolute Gasteiger partial charge is 0.486 e. The molecule has 0 aromatic heterocycles. The van der Waals surface area contributed by atoms with E-state index in [1.165, 1.54) is 15.4 Å². The zero-order valence-electron chi connectivity index (χ0n) is 20.8. The fourth-order valence-corrected chi connectivity index (χ4v) is 5.72. The molecule has 10 heteroatoms. The van der Waals surface area contributed by atoms with Crippen LogP contribution in [0.4, 0.5) is 5.69 Å². The second-order valence-corrected chi connectivity index (χ2v) is 10.7. The molecule has 0 spiro atoms. The van der Waals surface area contributed by atoms with Crippen molar-refractivity contribution in [3.63, 3.8) is 0 Å². The number of likely N-dealkylation sites (tertiary alicyclic amines) is 1. The van der Waals surface area contributed by atoms with Gasteiger partial charge in [-0.25, -0.2) is 0 Å². The van der Waals surface area contributed by atoms with Crippen molar-refractivity contribution >= 4 is 15.9 Å². The number of aryl methyl sites for hydroxylation is 2. The Labute approximate surface area is 208 Å². The lowest BCUT2D eigenvalue weighted by atomic mass is 10.0. The molecule has 9 nitrogen and oxygen atoms in total. The van der Waals surface area contributed by atoms with E-state index in [1.54, 1.807) is 32.4 Å². The van der Waals surface area contributed by atoms with Gasteiger partial charge in [-0.2, -0.15) is 12.7 Å². The minimum absolute atomic E-state index is 0.0556. The number of benzene rings is 2. The summed E-state index contributed by atoms with van der Waals surface area (Å²) >= 11 is 0. The summed E-state index contributed by atoms with van der Waals surface area (Å²) < 4.78 is 52.5. The Morgan fingerprint density at radius 2 is 1.89 bits per heavy atom. The third kappa shape index (κ3) is 6.14. The van der Waals surface area contributed by atoms with Gasteiger partial charge in [0.05, 0.1) is 5.69 Å². The second-order valence-electron chi connectivity index (χ2n) is 9.03. The topological polar surface area (TPSA) is 89.6 Å². The molecule has 2 saturated heterocycles. The predicted octanol–water partition coefficient (Wildman–Crippen LogP) is 3.06. The number of hydrogen-bond acceptors (Lipinski definition) is 7. The van der Waals surface area contributed by atoms with Gasteiger partial charge in [-0.15, -0.1) is 0 Å². The highest BCUT2D eigenvalue weighted by Crippen LogP contribution is 2.32. The molecule has 1 N–H and O–H groups in total. The fourth-order valence-electron chi connectivity index (χ4n) is 4.59. The zero-order chi connectivity index (χ0) is 25.0. The molecule has 192 valence electrons. The van der Waals surface area contributed by atoms with E-state index in [9.17, 15) is 8.42 Å². The summed E-state index contributed by atoms with van der Waals surface area (Å²) in [5, 5.41) is 0. The summed E-state index contributed by atoms with van der Waals surface area (Å²) in [6, 6.07) is 13.3. The monoisotopic (exact) mass is 505 g/mol. The Morgan fingerprint density at radius 1 is 1.09 bits per heavy atom. The van der Waals surface area contributed by atoms with Crippen LogP contribution >= 0.6 is 0 Å². The second kappa shape index (κ2) is 11.2. The van der Waals surface area contributed by atoms with Crippen molar-refractivity contribution in [3.8, 4) is 5.75 Å². The van der Waals surface area contributed by atoms with E-state index >= 15 is 0 Å². The number of ether oxygens (including phenoxy) is 4. The molecule has 0 saturated carbocycles. The van der Waals surface area contributed by atoms with Crippen molar-refractivity contribution < 1.29 is 27.4 Å². The summed E-state index contributed by atoms with van der Waals surface area (Å²) in [5.41, 5.74) is 3.90. The smallest absolute Gasteiger partial charge is 0.303 e. The normalized spacial score (nSPS) is 22.7. The first-order valence-electron chi connectivity index (χ1n) is 11.8. The van der Waals surface area contributed by atoms with Crippen molar-refractivity contribution in [3.05, 3.63) is 59.2 Å². The van der Waals surface area contributed by atoms with E-state index in [-0.39, 0.29) is 25.2 Å². The van der Waals surface area contributed by atoms with Crippen LogP contribution in [0.3, 0.4) is 0 Å². The molecule has 0 bridgehead atoms. The van der Waals surface area contributed by atoms with Gasteiger partial charge in [0.25, 0.3) is 0 Å². The molecule has 0 aliphatic carbocycles. The van der Waals surface area contributed by atoms with E-state index in [0.717, 1.165) is 5.56 Å². The number of methoxy groups -OCH3 is 2. The summed E-state index contributed by atoms with van der Waals surface area (Å²) in [5.74, 6) is 0.565. The number of anilines is 1. The lowest BCUT2D eigenvalue weighted by Gasteiger charge is -2.28. The number of hydrogen-bond donors (Lipinski definition) is 1. The van der Waals surface area contributed by atoms with Gasteiger partial charge in [0.2, 0.25) is 0 Å². The minimum atomic E-state index is -3.70. The van der Waals surface area contributed by atoms with Gasteiger partial charge in [-0.05, 0) is 43.5 Å². The Kier molecular flexibility index (Phi) is 8.31. The van der Waals surface area contributed by atoms with Crippen LogP contribution < -0.4 is 9.46 Å². The van der Waals surface area contributed by atoms with Gasteiger partial charge in [0.1, 0.15) is 30.9 Å². The van der Waals surface area contributed by atoms with Gasteiger partial charge in [0.15, 0.2) is 0 Å². The van der Waals surface area contributed by atoms with Crippen molar-refractivity contribution in [2.24, 2.45) is 0 Å². The maximum absolute atomic E-state index is 12.7. The van der Waals surface area contributed by atoms with Gasteiger partial charge >= 0.3 is 10.2 Å². The van der Waals surface area contributed by atoms with Crippen LogP contribution in [0.1, 0.15) is 29.3 Å². The van der Waals surface area contributed by atoms with Crippen LogP contribution in [-0.2, 0) is 24.4 Å². The molecule has 3 unspecified atom stereocenters. The Bertz CT molecular complexity index is 1110. The molecule has 0 radical (unpaired) electrons. The van der Waals surface area contributed by atoms with E-state index < -0.39 is 10.2 Å². The molecule has 0 amide bonds. The van der Waals surface area contributed by atoms with Crippen LogP contribution in [0.15, 0.2) is 42.5 Å². The van der Waals surface area contributed by atoms with Gasteiger partial charge in [0, 0.05) is 46.5 Å². The maximum Gasteiger partial charge on any atom is 0.303 e. The van der Waals surface area contributed by atoms with Crippen molar-refractivity contribution in [1.29, 1.82) is 0 Å². The highest BCUT2D eigenvalue weighted by molar-refractivity contribution is 7.90. The quantitative estimate of drug-likeness (QED) is 0.560. The van der Waals surface area contributed by atoms with Crippen LogP contribution in [-0.4, -0.2) is 77.0 Å². The summed E-state index contributed by atoms with van der Waals surface area (Å²) in [6.45, 7) is 6.46. The summed E-state index contributed by atoms with van der Waals surface area (Å²) in [4.78, 5) is 2.21. The first-order valence-corrected chi connectivity index (χ1v) is 13.2. The Morgan fingerprint density at radius 3 is 2.60 bits per heavy atom. The Hall–Kier alpha value is -2.21. The third-order valence-corrected chi connectivity index (χ3v) is 7.90. The van der Waals surface area contributed by atoms with Gasteiger partial charge in [-0.1, -0.05) is 29.8 Å². The third-order valence-electron chi connectivity index (χ3n) is 6.44. The number of nitrogens with one attached hydrogen (secondary N) is 1. The Balaban J connectivity index is 1.46. The standard InChI is InChI=1S/C25H35N3O6S/c1-18-9-10-19(2)22(13-18)25(32-4)27-15-23(31-3)24(16-27)34-21-8-5-7-20(14-21)26-35(29,30)28-11-6-12-33-17-28/h5,7-10,13-14,23-26H,6,11-12,15-17H2,1-4H3. The van der Waals surface area contributed by atoms with Crippen molar-refractivity contribution in [2.75, 3.05) is 51.9 Å². The van der Waals surface area contributed by atoms with E-state index in [0.29, 0.717) is 44.1 Å². The molecule has 2 aliphatic rings. The average Bonchev–Trinajstić information content (AvgIpc) is 3.24. The van der Waals surface area contributed by atoms with Crippen LogP contribution in [0.25, 0.3) is 0 Å². The van der Waals surface area contributed by atoms with E-state index in [4.69, 9.17) is 18.9 Å². The SMILES string of the molecule is COC1CN(C(OC)c2cc(C)ccc2C)CC1Oc1cccc(NS(=O)(=O)N2CCCOC2)c1. The number of nitrogens with zero attached hydrogens (tertiary/aromatic N) is 2. The van der Waals surface area contributed by atoms with Gasteiger partial charge < -0.3 is 18.9 Å². The zero-order valence-corrected chi connectivity index (χ0v) is 21.6. The highest BCUT2D eigenvalue weighted by Gasteiger charge is 2.39. The first-order chi connectivity index (χ1) is 16.8. The molecule has 4 rings (SSSR count). The van der Waals surface area contributed by atoms with Crippen LogP contribution in [0, 0.1) is 13.8 Å². The summed E-state index contributed by atoms with van der Waals surface area (Å²) in [7, 11) is -0.314. The lowest BCUT2D eigenvalue weighted by molar-refractivity contribution is -0.0304. The molecular weight excluding hydrogens is 470 g/mol. The van der Waals surface area contributed by atoms with E-state index in [2.05, 4.69) is 41.7 Å². The first kappa shape index (κ1) is 25.9. The average molecular weight is 506 g/mol. The molecule has 2 aromatic rings. The molecule has 2 aliphatic heterocycles. The minimum Gasteiger partial charge on any atom is -0.486 e. The van der Waals surface area contributed by atoms with E-state index in [1.807, 2.05) is 6.07 Å². The summed E-state index contributed by atoms with van der Waals surface area (Å²) in [6.07, 6.45) is 0.0466. The van der Waals surface area contributed by atoms with Crippen molar-refractivity contribution in [1.82, 2.24) is 9.21 Å². The number of rotatable bonds is 9. The molecule has 2 fully saturated rings. The lowest BCUT2D eigenvalue weighted by Crippen LogP contribution is -2.41. The van der Waals surface area contributed by atoms with Crippen LogP contribution in [0.5, 0.6) is 5.75 Å². The highest BCUT2D eigenvalue weighted by atomic mass is 32.2. The maximum atomic E-state index is 12.7. The molecule has 35 heavy (non-hydrogen) atoms. The fraction of sp³-hybridized carbons (Fsp3) is 0.520. The molecule has 2 heterocycles. The molecule has 3 atom stereocenters. The van der Waals surface area contributed by atoms with Crippen LogP contribution in [0.2, 0.25) is 0 Å². The van der Waals surface area contributed by atoms with Crippen molar-refractivity contribution in [2.45, 2.75) is 38.7 Å². The molecular formula is C25H35N3O6S.